The maximum Gasteiger partial charge on any atom is 0.237 e. The third kappa shape index (κ3) is 5.19. The second kappa shape index (κ2) is 9.31. The highest BCUT2D eigenvalue weighted by Crippen LogP contribution is 2.25. The summed E-state index contributed by atoms with van der Waals surface area (Å²) in [7, 11) is -3.56. The van der Waals surface area contributed by atoms with Gasteiger partial charge in [-0.15, -0.1) is 10.2 Å². The van der Waals surface area contributed by atoms with Crippen LogP contribution in [0, 0.1) is 0 Å². The normalized spacial score (nSPS) is 12.5. The molecule has 0 radical (unpaired) electrons. The van der Waals surface area contributed by atoms with Crippen LogP contribution in [-0.4, -0.2) is 39.4 Å². The summed E-state index contributed by atoms with van der Waals surface area (Å²) in [5.74, 6) is -0.162. The Kier molecular flexibility index (Phi) is 6.78. The lowest BCUT2D eigenvalue weighted by Crippen LogP contribution is -2.23. The maximum atomic E-state index is 12.7. The molecular weight excluding hydrogens is 424 g/mol. The molecule has 0 saturated carbocycles. The Labute approximate surface area is 179 Å². The summed E-state index contributed by atoms with van der Waals surface area (Å²) < 4.78 is 27.0. The van der Waals surface area contributed by atoms with Gasteiger partial charge in [-0.05, 0) is 38.1 Å². The molecule has 10 heteroatoms. The first-order chi connectivity index (χ1) is 14.3. The van der Waals surface area contributed by atoms with Gasteiger partial charge in [0.15, 0.2) is 15.0 Å². The monoisotopic (exact) mass is 446 g/mol. The Hall–Kier alpha value is -2.85. The number of benzene rings is 2. The molecule has 1 heterocycles. The van der Waals surface area contributed by atoms with Crippen LogP contribution < -0.4 is 5.32 Å². The molecular formula is C20H22N4O4S2. The lowest BCUT2D eigenvalue weighted by molar-refractivity contribution is -0.115. The molecule has 0 aliphatic heterocycles. The number of carbonyl (C=O) groups is 1. The van der Waals surface area contributed by atoms with Crippen LogP contribution in [0.15, 0.2) is 64.6 Å². The molecule has 0 aliphatic carbocycles. The van der Waals surface area contributed by atoms with Gasteiger partial charge in [0.1, 0.15) is 17.3 Å². The number of amides is 1. The number of thioether (sulfide) groups is 1. The minimum absolute atomic E-state index is 0.0584. The number of phenolic OH excluding ortho intramolecular Hbond substituents is 1. The van der Waals surface area contributed by atoms with Gasteiger partial charge < -0.3 is 15.0 Å². The molecule has 2 N–H and O–H groups in total. The fraction of sp³-hybridized carbons (Fsp3) is 0.250. The first-order valence-corrected chi connectivity index (χ1v) is 11.8. The third-order valence-corrected chi connectivity index (χ3v) is 7.01. The van der Waals surface area contributed by atoms with E-state index in [0.29, 0.717) is 23.2 Å². The van der Waals surface area contributed by atoms with Crippen LogP contribution in [0.4, 0.5) is 5.69 Å². The zero-order valence-electron chi connectivity index (χ0n) is 16.5. The standard InChI is InChI=1S/C20H22N4O4S2/c1-3-24-18(13-30(27,28)17-10-5-4-6-11-17)22-23-20(24)29-14(2)19(26)21-15-8-7-9-16(25)12-15/h4-12,14,25H,3,13H2,1-2H3,(H,21,26). The Morgan fingerprint density at radius 3 is 2.57 bits per heavy atom. The summed E-state index contributed by atoms with van der Waals surface area (Å²) in [6.07, 6.45) is 0. The van der Waals surface area contributed by atoms with E-state index in [-0.39, 0.29) is 22.3 Å². The predicted octanol–water partition coefficient (Wildman–Crippen LogP) is 3.10. The summed E-state index contributed by atoms with van der Waals surface area (Å²) in [5.41, 5.74) is 0.485. The fourth-order valence-corrected chi connectivity index (χ4v) is 4.97. The smallest absolute Gasteiger partial charge is 0.237 e. The second-order valence-corrected chi connectivity index (χ2v) is 9.81. The van der Waals surface area contributed by atoms with Gasteiger partial charge in [-0.3, -0.25) is 4.79 Å². The van der Waals surface area contributed by atoms with Crippen LogP contribution in [0.5, 0.6) is 5.75 Å². The molecule has 0 bridgehead atoms. The van der Waals surface area contributed by atoms with Crippen LogP contribution in [0.25, 0.3) is 0 Å². The molecule has 1 amide bonds. The van der Waals surface area contributed by atoms with Crippen molar-refractivity contribution in [3.05, 3.63) is 60.4 Å². The van der Waals surface area contributed by atoms with Crippen molar-refractivity contribution in [1.82, 2.24) is 14.8 Å². The van der Waals surface area contributed by atoms with Crippen molar-refractivity contribution < 1.29 is 18.3 Å². The van der Waals surface area contributed by atoms with E-state index in [1.807, 2.05) is 6.92 Å². The van der Waals surface area contributed by atoms with Crippen molar-refractivity contribution in [3.8, 4) is 5.75 Å². The summed E-state index contributed by atoms with van der Waals surface area (Å²) in [6, 6.07) is 14.5. The summed E-state index contributed by atoms with van der Waals surface area (Å²) in [4.78, 5) is 12.7. The SMILES string of the molecule is CCn1c(CS(=O)(=O)c2ccccc2)nnc1SC(C)C(=O)Nc1cccc(O)c1. The van der Waals surface area contributed by atoms with E-state index in [4.69, 9.17) is 0 Å². The van der Waals surface area contributed by atoms with Crippen molar-refractivity contribution in [2.75, 3.05) is 5.32 Å². The molecule has 0 saturated heterocycles. The highest BCUT2D eigenvalue weighted by molar-refractivity contribution is 8.00. The van der Waals surface area contributed by atoms with Gasteiger partial charge in [0, 0.05) is 18.3 Å². The van der Waals surface area contributed by atoms with E-state index in [1.54, 1.807) is 54.0 Å². The highest BCUT2D eigenvalue weighted by Gasteiger charge is 2.23. The number of phenols is 1. The van der Waals surface area contributed by atoms with Gasteiger partial charge in [-0.2, -0.15) is 0 Å². The van der Waals surface area contributed by atoms with E-state index in [2.05, 4.69) is 15.5 Å². The molecule has 2 aromatic carbocycles. The Morgan fingerprint density at radius 2 is 1.90 bits per heavy atom. The van der Waals surface area contributed by atoms with Gasteiger partial charge in [0.2, 0.25) is 5.91 Å². The minimum atomic E-state index is -3.56. The number of aromatic nitrogens is 3. The fourth-order valence-electron chi connectivity index (χ4n) is 2.75. The Bertz CT molecular complexity index is 1130. The molecule has 1 aromatic heterocycles. The van der Waals surface area contributed by atoms with Crippen molar-refractivity contribution in [3.63, 3.8) is 0 Å². The van der Waals surface area contributed by atoms with Gasteiger partial charge >= 0.3 is 0 Å². The molecule has 3 rings (SSSR count). The maximum absolute atomic E-state index is 12.7. The van der Waals surface area contributed by atoms with E-state index in [9.17, 15) is 18.3 Å². The number of nitrogens with one attached hydrogen (secondary N) is 1. The Morgan fingerprint density at radius 1 is 1.17 bits per heavy atom. The number of aromatic hydroxyl groups is 1. The summed E-state index contributed by atoms with van der Waals surface area (Å²) in [5, 5.41) is 20.4. The summed E-state index contributed by atoms with van der Waals surface area (Å²) in [6.45, 7) is 4.05. The van der Waals surface area contributed by atoms with E-state index >= 15 is 0 Å². The number of hydrogen-bond acceptors (Lipinski definition) is 7. The number of hydrogen-bond donors (Lipinski definition) is 2. The molecule has 1 atom stereocenters. The molecule has 3 aromatic rings. The molecule has 1 unspecified atom stereocenters. The first kappa shape index (κ1) is 21.8. The number of carbonyl (C=O) groups excluding carboxylic acids is 1. The van der Waals surface area contributed by atoms with Crippen LogP contribution in [0.1, 0.15) is 19.7 Å². The highest BCUT2D eigenvalue weighted by atomic mass is 32.2. The van der Waals surface area contributed by atoms with Crippen LogP contribution in [0.2, 0.25) is 0 Å². The second-order valence-electron chi connectivity index (χ2n) is 6.51. The minimum Gasteiger partial charge on any atom is -0.508 e. The zero-order chi connectivity index (χ0) is 21.7. The van der Waals surface area contributed by atoms with E-state index < -0.39 is 15.1 Å². The average Bonchev–Trinajstić information content (AvgIpc) is 3.09. The van der Waals surface area contributed by atoms with Gasteiger partial charge in [-0.25, -0.2) is 8.42 Å². The van der Waals surface area contributed by atoms with Crippen molar-refractivity contribution in [2.24, 2.45) is 0 Å². The lowest BCUT2D eigenvalue weighted by atomic mass is 10.3. The van der Waals surface area contributed by atoms with Gasteiger partial charge in [0.25, 0.3) is 0 Å². The Balaban J connectivity index is 1.73. The van der Waals surface area contributed by atoms with Crippen LogP contribution >= 0.6 is 11.8 Å². The topological polar surface area (TPSA) is 114 Å². The van der Waals surface area contributed by atoms with Crippen LogP contribution in [-0.2, 0) is 26.9 Å². The average molecular weight is 447 g/mol. The number of sulfone groups is 1. The zero-order valence-corrected chi connectivity index (χ0v) is 18.2. The van der Waals surface area contributed by atoms with E-state index in [1.165, 1.54) is 23.9 Å². The van der Waals surface area contributed by atoms with Crippen molar-refractivity contribution in [1.29, 1.82) is 0 Å². The molecule has 8 nitrogen and oxygen atoms in total. The quantitative estimate of drug-likeness (QED) is 0.511. The number of rotatable bonds is 8. The van der Waals surface area contributed by atoms with Crippen molar-refractivity contribution >= 4 is 33.2 Å². The molecule has 0 spiro atoms. The van der Waals surface area contributed by atoms with E-state index in [0.717, 1.165) is 0 Å². The van der Waals surface area contributed by atoms with Gasteiger partial charge in [-0.1, -0.05) is 36.0 Å². The van der Waals surface area contributed by atoms with Crippen molar-refractivity contribution in [2.45, 2.75) is 41.4 Å². The van der Waals surface area contributed by atoms with Gasteiger partial charge in [0.05, 0.1) is 10.1 Å². The molecule has 30 heavy (non-hydrogen) atoms. The summed E-state index contributed by atoms with van der Waals surface area (Å²) >= 11 is 1.19. The lowest BCUT2D eigenvalue weighted by Gasteiger charge is -2.13. The molecule has 0 fully saturated rings. The first-order valence-electron chi connectivity index (χ1n) is 9.26. The predicted molar refractivity (Wildman–Crippen MR) is 115 cm³/mol. The van der Waals surface area contributed by atoms with Crippen LogP contribution in [0.3, 0.4) is 0 Å². The third-order valence-electron chi connectivity index (χ3n) is 4.30. The largest absolute Gasteiger partial charge is 0.508 e. The molecule has 158 valence electrons. The number of nitrogens with zero attached hydrogens (tertiary/aromatic N) is 3. The number of anilines is 1. The molecule has 0 aliphatic rings.